The normalized spacial score (nSPS) is 21.6. The molecule has 10 heteroatoms. The van der Waals surface area contributed by atoms with E-state index in [0.29, 0.717) is 0 Å². The molecule has 0 saturated heterocycles. The van der Waals surface area contributed by atoms with Gasteiger partial charge in [-0.15, -0.1) is 0 Å². The van der Waals surface area contributed by atoms with Gasteiger partial charge in [0.25, 0.3) is 5.69 Å². The number of methoxy groups -OCH3 is 2. The highest BCUT2D eigenvalue weighted by Crippen LogP contribution is 2.49. The molecule has 0 aliphatic carbocycles. The Morgan fingerprint density at radius 2 is 2.00 bits per heavy atom. The van der Waals surface area contributed by atoms with Gasteiger partial charge in [-0.2, -0.15) is 13.2 Å². The van der Waals surface area contributed by atoms with Crippen LogP contribution in [0, 0.1) is 10.1 Å². The summed E-state index contributed by atoms with van der Waals surface area (Å²) in [4.78, 5) is 10.2. The number of hydrogen-bond acceptors (Lipinski definition) is 6. The molecule has 0 amide bonds. The zero-order chi connectivity index (χ0) is 17.7. The van der Waals surface area contributed by atoms with Crippen molar-refractivity contribution >= 4 is 5.69 Å². The van der Waals surface area contributed by atoms with Crippen LogP contribution in [0.1, 0.15) is 5.56 Å². The third-order valence-corrected chi connectivity index (χ3v) is 3.88. The van der Waals surface area contributed by atoms with Gasteiger partial charge in [-0.3, -0.25) is 10.1 Å². The highest BCUT2D eigenvalue weighted by Gasteiger charge is 2.61. The number of nitrogens with zero attached hydrogens (tertiary/aromatic N) is 1. The second-order valence-corrected chi connectivity index (χ2v) is 5.19. The lowest BCUT2D eigenvalue weighted by Gasteiger charge is -2.34. The van der Waals surface area contributed by atoms with Gasteiger partial charge in [-0.25, -0.2) is 0 Å². The Morgan fingerprint density at radius 1 is 1.33 bits per heavy atom. The average molecular weight is 347 g/mol. The number of nitro groups is 1. The number of hydrogen-bond donors (Lipinski definition) is 0. The fourth-order valence-corrected chi connectivity index (χ4v) is 2.80. The topological polar surface area (TPSA) is 80.1 Å². The van der Waals surface area contributed by atoms with Crippen LogP contribution in [0.4, 0.5) is 18.9 Å². The van der Waals surface area contributed by atoms with E-state index < -0.39 is 28.9 Å². The van der Waals surface area contributed by atoms with E-state index in [1.807, 2.05) is 0 Å². The van der Waals surface area contributed by atoms with E-state index in [9.17, 15) is 23.3 Å². The maximum atomic E-state index is 13.3. The first-order valence-corrected chi connectivity index (χ1v) is 6.75. The van der Waals surface area contributed by atoms with E-state index in [1.54, 1.807) is 0 Å². The van der Waals surface area contributed by atoms with Crippen LogP contribution >= 0.6 is 0 Å². The average Bonchev–Trinajstić information content (AvgIpc) is 2.86. The number of alkyl halides is 3. The van der Waals surface area contributed by atoms with Gasteiger partial charge >= 0.3 is 12.1 Å². The van der Waals surface area contributed by atoms with Gasteiger partial charge in [0, 0.05) is 43.9 Å². The van der Waals surface area contributed by atoms with Crippen LogP contribution in [-0.4, -0.2) is 37.4 Å². The highest BCUT2D eigenvalue weighted by molar-refractivity contribution is 5.50. The van der Waals surface area contributed by atoms with Gasteiger partial charge < -0.3 is 18.9 Å². The van der Waals surface area contributed by atoms with Crippen molar-refractivity contribution in [1.82, 2.24) is 0 Å². The Kier molecular flexibility index (Phi) is 3.68. The van der Waals surface area contributed by atoms with Crippen molar-refractivity contribution in [2.24, 2.45) is 0 Å². The molecule has 130 valence electrons. The summed E-state index contributed by atoms with van der Waals surface area (Å²) in [5.41, 5.74) is -0.225. The van der Waals surface area contributed by atoms with Crippen molar-refractivity contribution in [2.45, 2.75) is 24.7 Å². The summed E-state index contributed by atoms with van der Waals surface area (Å²) in [6.07, 6.45) is -6.29. The fourth-order valence-electron chi connectivity index (χ4n) is 2.80. The minimum Gasteiger partial charge on any atom is -0.476 e. The number of non-ortho nitro benzene ring substituents is 1. The molecule has 1 aromatic rings. The van der Waals surface area contributed by atoms with Crippen LogP contribution < -0.4 is 4.74 Å². The molecule has 2 aliphatic rings. The minimum atomic E-state index is -4.78. The maximum Gasteiger partial charge on any atom is 0.449 e. The van der Waals surface area contributed by atoms with E-state index in [2.05, 4.69) is 0 Å². The number of rotatable bonds is 3. The van der Waals surface area contributed by atoms with Gasteiger partial charge in [0.1, 0.15) is 5.75 Å². The second-order valence-electron chi connectivity index (χ2n) is 5.19. The molecule has 0 aromatic heterocycles. The molecule has 1 atom stereocenters. The predicted octanol–water partition coefficient (Wildman–Crippen LogP) is 2.69. The first kappa shape index (κ1) is 16.5. The molecule has 0 bridgehead atoms. The standard InChI is InChI=1S/C14H12F3NO6/c1-21-14(22-2)12-9(11(24-14)13(15,16)17)6-7-5-8(18(19)20)3-4-10(7)23-12/h3-5,12H,6H2,1-2H3. The van der Waals surface area contributed by atoms with E-state index in [1.165, 1.54) is 18.2 Å². The lowest BCUT2D eigenvalue weighted by atomic mass is 9.95. The SMILES string of the molecule is COC1(OC)OC(C(F)(F)F)=C2Cc3cc([N+](=O)[O-])ccc3OC21. The smallest absolute Gasteiger partial charge is 0.449 e. The van der Waals surface area contributed by atoms with Crippen LogP contribution in [0.15, 0.2) is 29.5 Å². The third-order valence-electron chi connectivity index (χ3n) is 3.88. The summed E-state index contributed by atoms with van der Waals surface area (Å²) < 4.78 is 60.3. The van der Waals surface area contributed by atoms with Crippen LogP contribution in [-0.2, 0) is 20.6 Å². The summed E-state index contributed by atoms with van der Waals surface area (Å²) in [5, 5.41) is 10.8. The molecule has 2 aliphatic heterocycles. The van der Waals surface area contributed by atoms with Crippen molar-refractivity contribution in [1.29, 1.82) is 0 Å². The van der Waals surface area contributed by atoms with Gasteiger partial charge in [0.2, 0.25) is 11.9 Å². The van der Waals surface area contributed by atoms with Crippen molar-refractivity contribution in [3.05, 3.63) is 45.2 Å². The molecular weight excluding hydrogens is 335 g/mol. The van der Waals surface area contributed by atoms with Crippen molar-refractivity contribution in [3.63, 3.8) is 0 Å². The Bertz CT molecular complexity index is 726. The number of allylic oxidation sites excluding steroid dienone is 1. The van der Waals surface area contributed by atoms with E-state index >= 15 is 0 Å². The number of ether oxygens (including phenoxy) is 4. The van der Waals surface area contributed by atoms with Crippen LogP contribution in [0.2, 0.25) is 0 Å². The van der Waals surface area contributed by atoms with Crippen molar-refractivity contribution in [3.8, 4) is 5.75 Å². The first-order valence-electron chi connectivity index (χ1n) is 6.75. The number of nitro benzene ring substituents is 1. The van der Waals surface area contributed by atoms with E-state index in [0.717, 1.165) is 14.2 Å². The summed E-state index contributed by atoms with van der Waals surface area (Å²) in [6, 6.07) is 3.70. The Morgan fingerprint density at radius 3 is 2.54 bits per heavy atom. The number of halogens is 3. The minimum absolute atomic E-state index is 0.208. The highest BCUT2D eigenvalue weighted by atomic mass is 19.4. The van der Waals surface area contributed by atoms with E-state index in [4.69, 9.17) is 18.9 Å². The molecule has 24 heavy (non-hydrogen) atoms. The Balaban J connectivity index is 2.11. The third kappa shape index (κ3) is 2.38. The first-order chi connectivity index (χ1) is 11.2. The molecule has 2 heterocycles. The molecule has 1 aromatic carbocycles. The summed E-state index contributed by atoms with van der Waals surface area (Å²) >= 11 is 0. The van der Waals surface area contributed by atoms with Gasteiger partial charge in [-0.05, 0) is 6.07 Å². The van der Waals surface area contributed by atoms with Gasteiger partial charge in [0.15, 0.2) is 0 Å². The molecule has 7 nitrogen and oxygen atoms in total. The quantitative estimate of drug-likeness (QED) is 0.475. The van der Waals surface area contributed by atoms with Crippen molar-refractivity contribution in [2.75, 3.05) is 14.2 Å². The molecular formula is C14H12F3NO6. The zero-order valence-electron chi connectivity index (χ0n) is 12.5. The molecule has 0 saturated carbocycles. The molecule has 3 rings (SSSR count). The molecule has 0 radical (unpaired) electrons. The van der Waals surface area contributed by atoms with Crippen LogP contribution in [0.3, 0.4) is 0 Å². The van der Waals surface area contributed by atoms with E-state index in [-0.39, 0.29) is 29.0 Å². The molecule has 0 fully saturated rings. The maximum absolute atomic E-state index is 13.3. The molecule has 0 N–H and O–H groups in total. The van der Waals surface area contributed by atoms with Crippen LogP contribution in [0.5, 0.6) is 5.75 Å². The number of benzene rings is 1. The van der Waals surface area contributed by atoms with Gasteiger partial charge in [0.05, 0.1) is 4.92 Å². The summed E-state index contributed by atoms with van der Waals surface area (Å²) in [5.74, 6) is -3.13. The van der Waals surface area contributed by atoms with Crippen LogP contribution in [0.25, 0.3) is 0 Å². The zero-order valence-corrected chi connectivity index (χ0v) is 12.5. The van der Waals surface area contributed by atoms with Crippen molar-refractivity contribution < 1.29 is 37.0 Å². The Labute approximate surface area is 133 Å². The molecule has 0 spiro atoms. The summed E-state index contributed by atoms with van der Waals surface area (Å²) in [6.45, 7) is 0. The predicted molar refractivity (Wildman–Crippen MR) is 72.1 cm³/mol. The molecule has 1 unspecified atom stereocenters. The lowest BCUT2D eigenvalue weighted by Crippen LogP contribution is -2.49. The summed E-state index contributed by atoms with van der Waals surface area (Å²) in [7, 11) is 2.27. The van der Waals surface area contributed by atoms with Gasteiger partial charge in [-0.1, -0.05) is 0 Å². The Hall–Kier alpha value is -2.33. The fraction of sp³-hybridized carbons (Fsp3) is 0.429. The second kappa shape index (κ2) is 5.35. The monoisotopic (exact) mass is 347 g/mol. The number of fused-ring (bicyclic) bond motifs is 2. The largest absolute Gasteiger partial charge is 0.476 e. The lowest BCUT2D eigenvalue weighted by molar-refractivity contribution is -0.385.